The van der Waals surface area contributed by atoms with E-state index in [1.54, 1.807) is 13.2 Å². The van der Waals surface area contributed by atoms with Crippen LogP contribution >= 0.6 is 15.9 Å². The van der Waals surface area contributed by atoms with Crippen molar-refractivity contribution in [3.8, 4) is 0 Å². The number of likely N-dealkylation sites (N-methyl/N-ethyl adjacent to an activating group) is 1. The Kier molecular flexibility index (Phi) is 5.34. The quantitative estimate of drug-likeness (QED) is 0.791. The molecule has 2 unspecified atom stereocenters. The predicted molar refractivity (Wildman–Crippen MR) is 101 cm³/mol. The summed E-state index contributed by atoms with van der Waals surface area (Å²) in [5, 5.41) is 7.53. The second-order valence-corrected chi connectivity index (χ2v) is 7.37. The number of carbonyl (C=O) groups is 1. The summed E-state index contributed by atoms with van der Waals surface area (Å²) in [4.78, 5) is 25.1. The van der Waals surface area contributed by atoms with Crippen molar-refractivity contribution >= 4 is 27.9 Å². The Morgan fingerprint density at radius 3 is 2.64 bits per heavy atom. The lowest BCUT2D eigenvalue weighted by molar-refractivity contribution is 0.112. The Bertz CT molecular complexity index is 819. The zero-order valence-electron chi connectivity index (χ0n) is 14.3. The van der Waals surface area contributed by atoms with Gasteiger partial charge in [-0.3, -0.25) is 9.59 Å². The van der Waals surface area contributed by atoms with E-state index in [4.69, 9.17) is 0 Å². The van der Waals surface area contributed by atoms with Crippen LogP contribution in [0.4, 0.5) is 5.69 Å². The van der Waals surface area contributed by atoms with Crippen molar-refractivity contribution in [3.05, 3.63) is 56.4 Å². The van der Waals surface area contributed by atoms with E-state index in [1.807, 2.05) is 24.3 Å². The van der Waals surface area contributed by atoms with E-state index < -0.39 is 0 Å². The first kappa shape index (κ1) is 17.8. The van der Waals surface area contributed by atoms with Crippen molar-refractivity contribution in [2.24, 2.45) is 7.05 Å². The van der Waals surface area contributed by atoms with E-state index in [1.165, 1.54) is 10.2 Å². The van der Waals surface area contributed by atoms with Crippen molar-refractivity contribution in [1.82, 2.24) is 14.7 Å². The van der Waals surface area contributed by atoms with Crippen molar-refractivity contribution < 1.29 is 4.79 Å². The van der Waals surface area contributed by atoms with Gasteiger partial charge < -0.3 is 10.2 Å². The Morgan fingerprint density at radius 2 is 1.96 bits per heavy atom. The van der Waals surface area contributed by atoms with Gasteiger partial charge in [-0.25, -0.2) is 4.68 Å². The van der Waals surface area contributed by atoms with E-state index in [0.29, 0.717) is 16.0 Å². The normalized spacial score (nSPS) is 21.1. The molecule has 1 saturated heterocycles. The minimum Gasteiger partial charge on any atom is -0.379 e. The number of hydrogen-bond acceptors (Lipinski definition) is 5. The van der Waals surface area contributed by atoms with Gasteiger partial charge in [0.15, 0.2) is 0 Å². The molecule has 0 saturated carbocycles. The number of aryl methyl sites for hydroxylation is 1. The van der Waals surface area contributed by atoms with Gasteiger partial charge in [0, 0.05) is 31.7 Å². The number of aldehydes is 1. The maximum atomic E-state index is 12.0. The molecule has 1 fully saturated rings. The summed E-state index contributed by atoms with van der Waals surface area (Å²) in [7, 11) is 3.72. The summed E-state index contributed by atoms with van der Waals surface area (Å²) >= 11 is 3.37. The Balaban J connectivity index is 1.77. The number of likely N-dealkylation sites (tertiary alicyclic amines) is 1. The molecule has 1 aromatic carbocycles. The highest BCUT2D eigenvalue weighted by molar-refractivity contribution is 9.10. The average molecular weight is 405 g/mol. The lowest BCUT2D eigenvalue weighted by Gasteiger charge is -2.36. The topological polar surface area (TPSA) is 67.2 Å². The molecular formula is C18H21BrN4O2. The standard InChI is InChI=1S/C18H21BrN4O2/c1-22-9-14(13-5-3-12(11-24)4-6-13)7-15(10-22)21-16-8-20-23(2)18(25)17(16)19/h3-6,8,11,14-15,21H,7,9-10H2,1-2H3. The molecule has 6 nitrogen and oxygen atoms in total. The number of halogens is 1. The third-order valence-corrected chi connectivity index (χ3v) is 5.38. The number of nitrogens with one attached hydrogen (secondary N) is 1. The maximum absolute atomic E-state index is 12.0. The smallest absolute Gasteiger partial charge is 0.282 e. The van der Waals surface area contributed by atoms with Crippen LogP contribution in [0, 0.1) is 0 Å². The summed E-state index contributed by atoms with van der Waals surface area (Å²) in [5.41, 5.74) is 2.48. The van der Waals surface area contributed by atoms with Crippen molar-refractivity contribution in [2.45, 2.75) is 18.4 Å². The van der Waals surface area contributed by atoms with Gasteiger partial charge in [0.2, 0.25) is 0 Å². The summed E-state index contributed by atoms with van der Waals surface area (Å²) in [6, 6.07) is 7.99. The second-order valence-electron chi connectivity index (χ2n) is 6.58. The van der Waals surface area contributed by atoms with Gasteiger partial charge in [-0.1, -0.05) is 24.3 Å². The molecule has 1 aliphatic rings. The van der Waals surface area contributed by atoms with Gasteiger partial charge in [-0.15, -0.1) is 0 Å². The molecule has 7 heteroatoms. The maximum Gasteiger partial charge on any atom is 0.282 e. The van der Waals surface area contributed by atoms with Crippen LogP contribution in [0.15, 0.2) is 39.7 Å². The zero-order chi connectivity index (χ0) is 18.0. The molecule has 1 aliphatic heterocycles. The molecule has 0 bridgehead atoms. The third kappa shape index (κ3) is 3.99. The number of hydrogen-bond donors (Lipinski definition) is 1. The van der Waals surface area contributed by atoms with Gasteiger partial charge >= 0.3 is 0 Å². The molecule has 1 aromatic heterocycles. The molecule has 2 atom stereocenters. The molecule has 3 rings (SSSR count). The van der Waals surface area contributed by atoms with Gasteiger partial charge in [0.25, 0.3) is 5.56 Å². The number of aromatic nitrogens is 2. The lowest BCUT2D eigenvalue weighted by atomic mass is 9.88. The summed E-state index contributed by atoms with van der Waals surface area (Å²) < 4.78 is 1.81. The van der Waals surface area contributed by atoms with Crippen LogP contribution in [0.3, 0.4) is 0 Å². The molecule has 1 N–H and O–H groups in total. The van der Waals surface area contributed by atoms with Crippen molar-refractivity contribution in [2.75, 3.05) is 25.5 Å². The Labute approximate surface area is 155 Å². The highest BCUT2D eigenvalue weighted by Gasteiger charge is 2.27. The second kappa shape index (κ2) is 7.49. The number of benzene rings is 1. The van der Waals surface area contributed by atoms with Crippen LogP contribution in [0.25, 0.3) is 0 Å². The van der Waals surface area contributed by atoms with Crippen LogP contribution < -0.4 is 10.9 Å². The van der Waals surface area contributed by atoms with E-state index in [9.17, 15) is 9.59 Å². The number of rotatable bonds is 4. The van der Waals surface area contributed by atoms with Crippen molar-refractivity contribution in [3.63, 3.8) is 0 Å². The first-order chi connectivity index (χ1) is 12.0. The van der Waals surface area contributed by atoms with E-state index in [-0.39, 0.29) is 11.6 Å². The lowest BCUT2D eigenvalue weighted by Crippen LogP contribution is -2.43. The van der Waals surface area contributed by atoms with Gasteiger partial charge in [-0.2, -0.15) is 5.10 Å². The molecule has 132 valence electrons. The van der Waals surface area contributed by atoms with E-state index in [0.717, 1.165) is 31.5 Å². The molecule has 2 aromatic rings. The molecular weight excluding hydrogens is 384 g/mol. The predicted octanol–water partition coefficient (Wildman–Crippen LogP) is 2.26. The fraction of sp³-hybridized carbons (Fsp3) is 0.389. The minimum absolute atomic E-state index is 0.157. The molecule has 2 heterocycles. The summed E-state index contributed by atoms with van der Waals surface area (Å²) in [6.45, 7) is 1.86. The van der Waals surface area contributed by atoms with Crippen LogP contribution in [0.1, 0.15) is 28.3 Å². The van der Waals surface area contributed by atoms with Crippen LogP contribution in [0.2, 0.25) is 0 Å². The van der Waals surface area contributed by atoms with Gasteiger partial charge in [0.05, 0.1) is 11.9 Å². The molecule has 0 radical (unpaired) electrons. The SMILES string of the molecule is CN1CC(Nc2cnn(C)c(=O)c2Br)CC(c2ccc(C=O)cc2)C1. The fourth-order valence-corrected chi connectivity index (χ4v) is 3.82. The summed E-state index contributed by atoms with van der Waals surface area (Å²) in [5.74, 6) is 0.371. The highest BCUT2D eigenvalue weighted by Crippen LogP contribution is 2.29. The van der Waals surface area contributed by atoms with Crippen LogP contribution in [-0.2, 0) is 7.05 Å². The number of anilines is 1. The third-order valence-electron chi connectivity index (χ3n) is 4.61. The van der Waals surface area contributed by atoms with Gasteiger partial charge in [0.1, 0.15) is 10.8 Å². The van der Waals surface area contributed by atoms with Crippen LogP contribution in [0.5, 0.6) is 0 Å². The monoisotopic (exact) mass is 404 g/mol. The molecule has 25 heavy (non-hydrogen) atoms. The highest BCUT2D eigenvalue weighted by atomic mass is 79.9. The fourth-order valence-electron chi connectivity index (χ4n) is 3.34. The van der Waals surface area contributed by atoms with E-state index in [2.05, 4.69) is 38.3 Å². The first-order valence-electron chi connectivity index (χ1n) is 8.20. The molecule has 0 aliphatic carbocycles. The number of carbonyl (C=O) groups excluding carboxylic acids is 1. The Hall–Kier alpha value is -1.99. The summed E-state index contributed by atoms with van der Waals surface area (Å²) in [6.07, 6.45) is 3.49. The molecule has 0 spiro atoms. The Morgan fingerprint density at radius 1 is 1.24 bits per heavy atom. The first-order valence-corrected chi connectivity index (χ1v) is 8.99. The molecule has 0 amide bonds. The zero-order valence-corrected chi connectivity index (χ0v) is 15.9. The van der Waals surface area contributed by atoms with Crippen LogP contribution in [-0.4, -0.2) is 47.1 Å². The van der Waals surface area contributed by atoms with E-state index >= 15 is 0 Å². The number of piperidine rings is 1. The largest absolute Gasteiger partial charge is 0.379 e. The average Bonchev–Trinajstić information content (AvgIpc) is 2.62. The number of nitrogens with zero attached hydrogens (tertiary/aromatic N) is 3. The minimum atomic E-state index is -0.157. The van der Waals surface area contributed by atoms with Gasteiger partial charge in [-0.05, 0) is 40.9 Å². The van der Waals surface area contributed by atoms with Crippen molar-refractivity contribution in [1.29, 1.82) is 0 Å².